The Morgan fingerprint density at radius 1 is 1.22 bits per heavy atom. The van der Waals surface area contributed by atoms with Crippen molar-refractivity contribution in [3.8, 4) is 0 Å². The van der Waals surface area contributed by atoms with Gasteiger partial charge in [-0.25, -0.2) is 4.99 Å². The lowest BCUT2D eigenvalue weighted by molar-refractivity contribution is 0.213. The lowest BCUT2D eigenvalue weighted by Gasteiger charge is -2.23. The number of rotatable bonds is 2. The molecule has 3 nitrogen and oxygen atoms in total. The minimum atomic E-state index is 0.115. The predicted molar refractivity (Wildman–Crippen MR) is 72.9 cm³/mol. The van der Waals surface area contributed by atoms with Crippen molar-refractivity contribution in [2.24, 2.45) is 4.99 Å². The Balaban J connectivity index is 1.64. The van der Waals surface area contributed by atoms with Gasteiger partial charge < -0.3 is 10.1 Å². The second-order valence-electron chi connectivity index (χ2n) is 5.20. The highest BCUT2D eigenvalue weighted by molar-refractivity contribution is 5.83. The number of aryl methyl sites for hydroxylation is 1. The largest absolute Gasteiger partial charge is 0.470 e. The molecule has 1 aromatic carbocycles. The molecule has 96 valence electrons. The van der Waals surface area contributed by atoms with E-state index < -0.39 is 0 Å². The van der Waals surface area contributed by atoms with Gasteiger partial charge in [0, 0.05) is 0 Å². The van der Waals surface area contributed by atoms with Crippen molar-refractivity contribution >= 4 is 5.90 Å². The number of ether oxygens (including phenoxy) is 1. The van der Waals surface area contributed by atoms with Crippen LogP contribution in [0.25, 0.3) is 0 Å². The molecule has 18 heavy (non-hydrogen) atoms. The van der Waals surface area contributed by atoms with Crippen molar-refractivity contribution in [3.63, 3.8) is 0 Å². The molecule has 0 spiro atoms. The van der Waals surface area contributed by atoms with Gasteiger partial charge in [-0.2, -0.15) is 0 Å². The van der Waals surface area contributed by atoms with Crippen LogP contribution in [0.1, 0.15) is 36.5 Å². The molecular formula is C15H20N2O. The highest BCUT2D eigenvalue weighted by Gasteiger charge is 2.28. The third-order valence-corrected chi connectivity index (χ3v) is 3.73. The molecule has 0 aromatic heterocycles. The normalized spacial score (nSPS) is 27.7. The molecule has 1 saturated heterocycles. The average molecular weight is 244 g/mol. The van der Waals surface area contributed by atoms with Crippen molar-refractivity contribution in [2.75, 3.05) is 13.1 Å². The second kappa shape index (κ2) is 5.11. The van der Waals surface area contributed by atoms with Gasteiger partial charge in [0.1, 0.15) is 6.10 Å². The van der Waals surface area contributed by atoms with Crippen molar-refractivity contribution in [2.45, 2.75) is 38.3 Å². The fraction of sp³-hybridized carbons (Fsp3) is 0.533. The molecule has 2 atom stereocenters. The maximum atomic E-state index is 6.01. The Kier molecular flexibility index (Phi) is 3.33. The third kappa shape index (κ3) is 2.41. The quantitative estimate of drug-likeness (QED) is 0.867. The molecule has 0 amide bonds. The topological polar surface area (TPSA) is 33.6 Å². The zero-order valence-electron chi connectivity index (χ0n) is 10.9. The van der Waals surface area contributed by atoms with Crippen LogP contribution in [-0.4, -0.2) is 25.0 Å². The first-order valence-corrected chi connectivity index (χ1v) is 6.84. The summed E-state index contributed by atoms with van der Waals surface area (Å²) in [6.45, 7) is 3.95. The molecule has 3 heteroatoms. The average Bonchev–Trinajstić information content (AvgIpc) is 2.90. The van der Waals surface area contributed by atoms with Crippen LogP contribution in [0.4, 0.5) is 0 Å². The van der Waals surface area contributed by atoms with E-state index in [4.69, 9.17) is 4.74 Å². The summed E-state index contributed by atoms with van der Waals surface area (Å²) in [6, 6.07) is 8.90. The van der Waals surface area contributed by atoms with Crippen molar-refractivity contribution < 1.29 is 4.74 Å². The first-order chi connectivity index (χ1) is 8.83. The first-order valence-electron chi connectivity index (χ1n) is 6.84. The van der Waals surface area contributed by atoms with Gasteiger partial charge in [-0.05, 0) is 31.9 Å². The molecule has 2 heterocycles. The van der Waals surface area contributed by atoms with Gasteiger partial charge in [-0.3, -0.25) is 0 Å². The molecule has 2 aliphatic rings. The van der Waals surface area contributed by atoms with Gasteiger partial charge >= 0.3 is 0 Å². The van der Waals surface area contributed by atoms with Crippen LogP contribution >= 0.6 is 0 Å². The number of nitrogens with one attached hydrogen (secondary N) is 1. The van der Waals surface area contributed by atoms with E-state index in [2.05, 4.69) is 41.5 Å². The molecule has 2 unspecified atom stereocenters. The maximum absolute atomic E-state index is 6.01. The van der Waals surface area contributed by atoms with Crippen LogP contribution in [0.5, 0.6) is 0 Å². The molecule has 0 saturated carbocycles. The summed E-state index contributed by atoms with van der Waals surface area (Å²) in [5.41, 5.74) is 2.52. The summed E-state index contributed by atoms with van der Waals surface area (Å²) >= 11 is 0. The number of benzene rings is 1. The van der Waals surface area contributed by atoms with Gasteiger partial charge in [0.15, 0.2) is 0 Å². The maximum Gasteiger partial charge on any atom is 0.201 e. The zero-order chi connectivity index (χ0) is 12.4. The lowest BCUT2D eigenvalue weighted by Crippen LogP contribution is -2.40. The summed E-state index contributed by atoms with van der Waals surface area (Å²) in [5.74, 6) is 0.917. The predicted octanol–water partition coefficient (Wildman–Crippen LogP) is 2.61. The third-order valence-electron chi connectivity index (χ3n) is 3.73. The van der Waals surface area contributed by atoms with Gasteiger partial charge in [-0.15, -0.1) is 0 Å². The number of aliphatic imine (C=N–C) groups is 1. The highest BCUT2D eigenvalue weighted by atomic mass is 16.5. The number of hydrogen-bond acceptors (Lipinski definition) is 3. The van der Waals surface area contributed by atoms with E-state index in [1.807, 2.05) is 0 Å². The zero-order valence-corrected chi connectivity index (χ0v) is 10.9. The van der Waals surface area contributed by atoms with E-state index in [0.29, 0.717) is 6.04 Å². The summed E-state index contributed by atoms with van der Waals surface area (Å²) in [6.07, 6.45) is 3.81. The van der Waals surface area contributed by atoms with E-state index in [0.717, 1.165) is 25.4 Å². The fourth-order valence-electron chi connectivity index (χ4n) is 2.60. The Morgan fingerprint density at radius 3 is 2.78 bits per heavy atom. The molecule has 1 fully saturated rings. The van der Waals surface area contributed by atoms with Gasteiger partial charge in [0.25, 0.3) is 0 Å². The van der Waals surface area contributed by atoms with Crippen LogP contribution in [0, 0.1) is 6.92 Å². The van der Waals surface area contributed by atoms with Crippen LogP contribution in [0.2, 0.25) is 0 Å². The number of nitrogens with zero attached hydrogens (tertiary/aromatic N) is 1. The first kappa shape index (κ1) is 11.7. The Bertz CT molecular complexity index is 432. The van der Waals surface area contributed by atoms with Crippen LogP contribution < -0.4 is 5.32 Å². The van der Waals surface area contributed by atoms with E-state index >= 15 is 0 Å². The van der Waals surface area contributed by atoms with Crippen molar-refractivity contribution in [1.82, 2.24) is 5.32 Å². The summed E-state index contributed by atoms with van der Waals surface area (Å²) in [4.78, 5) is 4.57. The molecular weight excluding hydrogens is 224 g/mol. The van der Waals surface area contributed by atoms with Gasteiger partial charge in [0.05, 0.1) is 12.6 Å². The van der Waals surface area contributed by atoms with Crippen LogP contribution in [-0.2, 0) is 4.74 Å². The minimum Gasteiger partial charge on any atom is -0.470 e. The van der Waals surface area contributed by atoms with E-state index in [-0.39, 0.29) is 6.10 Å². The Morgan fingerprint density at radius 2 is 2.06 bits per heavy atom. The van der Waals surface area contributed by atoms with Gasteiger partial charge in [0.2, 0.25) is 5.90 Å². The standard InChI is InChI=1S/C15H20N2O/c1-11-5-7-12(8-6-11)14-10-17-15(18-14)13-4-2-3-9-16-13/h5-8,13-14,16H,2-4,9-10H2,1H3. The molecule has 0 bridgehead atoms. The van der Waals surface area contributed by atoms with Crippen LogP contribution in [0.15, 0.2) is 29.3 Å². The van der Waals surface area contributed by atoms with E-state index in [1.54, 1.807) is 0 Å². The SMILES string of the molecule is Cc1ccc(C2CN=C(C3CCCCN3)O2)cc1. The molecule has 2 aliphatic heterocycles. The Labute approximate surface area is 108 Å². The Hall–Kier alpha value is -1.35. The number of hydrogen-bond donors (Lipinski definition) is 1. The monoisotopic (exact) mass is 244 g/mol. The molecule has 1 N–H and O–H groups in total. The fourth-order valence-corrected chi connectivity index (χ4v) is 2.60. The summed E-state index contributed by atoms with van der Waals surface area (Å²) < 4.78 is 6.01. The molecule has 0 radical (unpaired) electrons. The van der Waals surface area contributed by atoms with Crippen molar-refractivity contribution in [1.29, 1.82) is 0 Å². The summed E-state index contributed by atoms with van der Waals surface area (Å²) in [5, 5.41) is 3.49. The van der Waals surface area contributed by atoms with Crippen LogP contribution in [0.3, 0.4) is 0 Å². The lowest BCUT2D eigenvalue weighted by atomic mass is 10.1. The summed E-state index contributed by atoms with van der Waals surface area (Å²) in [7, 11) is 0. The number of piperidine rings is 1. The second-order valence-corrected chi connectivity index (χ2v) is 5.20. The van der Waals surface area contributed by atoms with Gasteiger partial charge in [-0.1, -0.05) is 36.2 Å². The van der Waals surface area contributed by atoms with E-state index in [1.165, 1.54) is 24.0 Å². The van der Waals surface area contributed by atoms with Crippen molar-refractivity contribution in [3.05, 3.63) is 35.4 Å². The molecule has 1 aromatic rings. The molecule has 0 aliphatic carbocycles. The highest BCUT2D eigenvalue weighted by Crippen LogP contribution is 2.25. The molecule has 3 rings (SSSR count). The minimum absolute atomic E-state index is 0.115. The van der Waals surface area contributed by atoms with E-state index in [9.17, 15) is 0 Å². The smallest absolute Gasteiger partial charge is 0.201 e.